The molecule has 0 bridgehead atoms. The van der Waals surface area contributed by atoms with Crippen LogP contribution in [0.15, 0.2) is 12.1 Å². The van der Waals surface area contributed by atoms with E-state index in [2.05, 4.69) is 4.74 Å². The average molecular weight is 245 g/mol. The van der Waals surface area contributed by atoms with E-state index in [4.69, 9.17) is 5.73 Å². The van der Waals surface area contributed by atoms with Crippen LogP contribution >= 0.6 is 0 Å². The van der Waals surface area contributed by atoms with Crippen molar-refractivity contribution in [3.05, 3.63) is 23.5 Å². The third-order valence-electron chi connectivity index (χ3n) is 1.66. The fourth-order valence-corrected chi connectivity index (χ4v) is 1.01. The number of halogens is 6. The van der Waals surface area contributed by atoms with Gasteiger partial charge in [0.1, 0.15) is 17.1 Å². The van der Waals surface area contributed by atoms with Crippen LogP contribution in [-0.2, 0) is 6.18 Å². The average Bonchev–Trinajstić information content (AvgIpc) is 2.10. The number of benzene rings is 1. The Morgan fingerprint density at radius 3 is 2.19 bits per heavy atom. The molecule has 0 atom stereocenters. The molecule has 0 saturated heterocycles. The smallest absolute Gasteiger partial charge is 0.420 e. The monoisotopic (exact) mass is 245 g/mol. The van der Waals surface area contributed by atoms with Crippen molar-refractivity contribution in [2.75, 3.05) is 5.73 Å². The number of ether oxygens (including phenoxy) is 1. The van der Waals surface area contributed by atoms with Gasteiger partial charge in [-0.3, -0.25) is 0 Å². The minimum atomic E-state index is -4.95. The lowest BCUT2D eigenvalue weighted by atomic mass is 10.1. The van der Waals surface area contributed by atoms with Crippen molar-refractivity contribution in [3.63, 3.8) is 0 Å². The van der Waals surface area contributed by atoms with Gasteiger partial charge in [0.25, 0.3) is 0 Å². The van der Waals surface area contributed by atoms with Gasteiger partial charge in [-0.05, 0) is 12.1 Å². The van der Waals surface area contributed by atoms with Gasteiger partial charge < -0.3 is 10.5 Å². The van der Waals surface area contributed by atoms with Crippen LogP contribution in [0.3, 0.4) is 0 Å². The molecule has 0 aliphatic heterocycles. The van der Waals surface area contributed by atoms with E-state index < -0.39 is 35.6 Å². The molecular weight excluding hydrogens is 240 g/mol. The van der Waals surface area contributed by atoms with Gasteiger partial charge in [0.05, 0.1) is 0 Å². The molecule has 0 unspecified atom stereocenters. The summed E-state index contributed by atoms with van der Waals surface area (Å²) in [5.41, 5.74) is 2.24. The highest BCUT2D eigenvalue weighted by Gasteiger charge is 2.36. The number of alkyl halides is 5. The molecule has 0 aromatic heterocycles. The lowest BCUT2D eigenvalue weighted by Gasteiger charge is -2.15. The van der Waals surface area contributed by atoms with Gasteiger partial charge in [-0.2, -0.15) is 22.0 Å². The lowest BCUT2D eigenvalue weighted by molar-refractivity contribution is -0.141. The van der Waals surface area contributed by atoms with Crippen LogP contribution in [0.5, 0.6) is 5.75 Å². The highest BCUT2D eigenvalue weighted by molar-refractivity contribution is 5.58. The number of hydrogen-bond donors (Lipinski definition) is 1. The van der Waals surface area contributed by atoms with Crippen molar-refractivity contribution < 1.29 is 31.1 Å². The predicted octanol–water partition coefficient (Wildman–Crippen LogP) is 3.03. The molecule has 0 aliphatic carbocycles. The molecule has 1 aromatic carbocycles. The molecular formula is C8H5F6NO. The van der Waals surface area contributed by atoms with Crippen LogP contribution in [0, 0.1) is 5.82 Å². The Morgan fingerprint density at radius 1 is 1.19 bits per heavy atom. The Kier molecular flexibility index (Phi) is 3.20. The topological polar surface area (TPSA) is 35.2 Å². The number of nitrogen functional groups attached to an aromatic ring is 1. The summed E-state index contributed by atoms with van der Waals surface area (Å²) < 4.78 is 76.9. The summed E-state index contributed by atoms with van der Waals surface area (Å²) in [5, 5.41) is 0. The van der Waals surface area contributed by atoms with E-state index in [1.165, 1.54) is 0 Å². The molecule has 90 valence electrons. The number of nitrogens with two attached hydrogens (primary N) is 1. The highest BCUT2D eigenvalue weighted by atomic mass is 19.4. The van der Waals surface area contributed by atoms with Crippen LogP contribution < -0.4 is 10.5 Å². The van der Waals surface area contributed by atoms with E-state index in [1.54, 1.807) is 0 Å². The second-order valence-corrected chi connectivity index (χ2v) is 2.71. The van der Waals surface area contributed by atoms with Gasteiger partial charge in [-0.25, -0.2) is 4.39 Å². The van der Waals surface area contributed by atoms with E-state index in [-0.39, 0.29) is 6.07 Å². The van der Waals surface area contributed by atoms with E-state index in [1.807, 2.05) is 0 Å². The van der Waals surface area contributed by atoms with E-state index in [9.17, 15) is 26.3 Å². The zero-order valence-corrected chi connectivity index (χ0v) is 7.49. The lowest BCUT2D eigenvalue weighted by Crippen LogP contribution is -2.14. The Morgan fingerprint density at radius 2 is 1.75 bits per heavy atom. The highest BCUT2D eigenvalue weighted by Crippen LogP contribution is 2.41. The Balaban J connectivity index is 3.33. The fraction of sp³-hybridized carbons (Fsp3) is 0.250. The molecule has 0 radical (unpaired) electrons. The molecule has 2 nitrogen and oxygen atoms in total. The normalized spacial score (nSPS) is 11.9. The van der Waals surface area contributed by atoms with Gasteiger partial charge >= 0.3 is 12.8 Å². The van der Waals surface area contributed by atoms with Crippen LogP contribution in [0.1, 0.15) is 5.56 Å². The Labute approximate surface area is 85.6 Å². The zero-order valence-electron chi connectivity index (χ0n) is 7.49. The Hall–Kier alpha value is -1.60. The van der Waals surface area contributed by atoms with Crippen LogP contribution in [0.25, 0.3) is 0 Å². The van der Waals surface area contributed by atoms with Gasteiger partial charge in [0, 0.05) is 0 Å². The van der Waals surface area contributed by atoms with Crippen LogP contribution in [-0.4, -0.2) is 6.61 Å². The third kappa shape index (κ3) is 2.50. The summed E-state index contributed by atoms with van der Waals surface area (Å²) in [5.74, 6) is -2.66. The first-order valence-corrected chi connectivity index (χ1v) is 3.83. The summed E-state index contributed by atoms with van der Waals surface area (Å²) >= 11 is 0. The molecule has 0 fully saturated rings. The second kappa shape index (κ2) is 4.11. The quantitative estimate of drug-likeness (QED) is 0.642. The van der Waals surface area contributed by atoms with Gasteiger partial charge in [0.2, 0.25) is 0 Å². The summed E-state index contributed by atoms with van der Waals surface area (Å²) in [7, 11) is 0. The predicted molar refractivity (Wildman–Crippen MR) is 42.4 cm³/mol. The molecule has 0 spiro atoms. The largest absolute Gasteiger partial charge is 0.432 e. The van der Waals surface area contributed by atoms with Gasteiger partial charge in [-0.15, -0.1) is 0 Å². The minimum Gasteiger partial charge on any atom is -0.432 e. The maximum absolute atomic E-state index is 12.8. The van der Waals surface area contributed by atoms with Crippen molar-refractivity contribution >= 4 is 5.69 Å². The van der Waals surface area contributed by atoms with Crippen molar-refractivity contribution in [1.29, 1.82) is 0 Å². The Bertz CT molecular complexity index is 389. The first-order valence-electron chi connectivity index (χ1n) is 3.83. The summed E-state index contributed by atoms with van der Waals surface area (Å²) in [4.78, 5) is 0. The van der Waals surface area contributed by atoms with Crippen LogP contribution in [0.2, 0.25) is 0 Å². The molecule has 0 saturated carbocycles. The maximum atomic E-state index is 12.8. The standard InChI is InChI=1S/C8H5F6NO/c9-4-2-1-3(8(12,13)14)6(5(4)15)16-7(10)11/h1-2,7H,15H2. The molecule has 2 N–H and O–H groups in total. The van der Waals surface area contributed by atoms with Gasteiger partial charge in [0.15, 0.2) is 5.75 Å². The van der Waals surface area contributed by atoms with Crippen molar-refractivity contribution in [2.24, 2.45) is 0 Å². The van der Waals surface area contributed by atoms with Gasteiger partial charge in [-0.1, -0.05) is 0 Å². The first kappa shape index (κ1) is 12.5. The summed E-state index contributed by atoms with van der Waals surface area (Å²) in [6.07, 6.45) is -4.95. The van der Waals surface area contributed by atoms with Crippen molar-refractivity contribution in [1.82, 2.24) is 0 Å². The van der Waals surface area contributed by atoms with Crippen molar-refractivity contribution in [2.45, 2.75) is 12.8 Å². The second-order valence-electron chi connectivity index (χ2n) is 2.71. The fourth-order valence-electron chi connectivity index (χ4n) is 1.01. The summed E-state index contributed by atoms with van der Waals surface area (Å²) in [6, 6.07) is 0.708. The molecule has 0 heterocycles. The van der Waals surface area contributed by atoms with Crippen molar-refractivity contribution in [3.8, 4) is 5.75 Å². The number of anilines is 1. The van der Waals surface area contributed by atoms with E-state index >= 15 is 0 Å². The number of rotatable bonds is 2. The van der Waals surface area contributed by atoms with Crippen LogP contribution in [0.4, 0.5) is 32.0 Å². The first-order chi connectivity index (χ1) is 7.23. The molecule has 16 heavy (non-hydrogen) atoms. The SMILES string of the molecule is Nc1c(F)ccc(C(F)(F)F)c1OC(F)F. The molecule has 8 heteroatoms. The molecule has 0 aliphatic rings. The molecule has 1 aromatic rings. The zero-order chi connectivity index (χ0) is 12.5. The molecule has 1 rings (SSSR count). The van der Waals surface area contributed by atoms with E-state index in [0.717, 1.165) is 0 Å². The maximum Gasteiger partial charge on any atom is 0.420 e. The molecule has 0 amide bonds. The summed E-state index contributed by atoms with van der Waals surface area (Å²) in [6.45, 7) is -3.52. The minimum absolute atomic E-state index is 0.281. The van der Waals surface area contributed by atoms with E-state index in [0.29, 0.717) is 6.07 Å². The third-order valence-corrected chi connectivity index (χ3v) is 1.66. The number of hydrogen-bond acceptors (Lipinski definition) is 2.